The van der Waals surface area contributed by atoms with Gasteiger partial charge in [-0.25, -0.2) is 0 Å². The molecule has 0 spiro atoms. The number of aliphatic hydroxyl groups is 1. The van der Waals surface area contributed by atoms with Crippen LogP contribution < -0.4 is 0 Å². The molecule has 0 radical (unpaired) electrons. The molecule has 0 bridgehead atoms. The van der Waals surface area contributed by atoms with Crippen LogP contribution in [-0.4, -0.2) is 11.7 Å². The molecule has 0 aromatic heterocycles. The second-order valence-corrected chi connectivity index (χ2v) is 5.35. The van der Waals surface area contributed by atoms with E-state index < -0.39 is 0 Å². The van der Waals surface area contributed by atoms with Crippen molar-refractivity contribution in [2.24, 2.45) is 0 Å². The second kappa shape index (κ2) is 9.97. The fraction of sp³-hybridized carbons (Fsp3) is 0.556. The van der Waals surface area contributed by atoms with Gasteiger partial charge in [-0.05, 0) is 36.8 Å². The van der Waals surface area contributed by atoms with Crippen LogP contribution in [0.1, 0.15) is 67.7 Å². The summed E-state index contributed by atoms with van der Waals surface area (Å²) >= 11 is 0. The first kappa shape index (κ1) is 17.2. The first-order valence-corrected chi connectivity index (χ1v) is 7.84. The summed E-state index contributed by atoms with van der Waals surface area (Å²) in [5.41, 5.74) is 2.89. The number of rotatable bonds is 9. The molecule has 1 aromatic carbocycles. The Labute approximate surface area is 127 Å². The third-order valence-corrected chi connectivity index (χ3v) is 3.76. The molecule has 1 rings (SSSR count). The van der Waals surface area contributed by atoms with Crippen LogP contribution in [0.2, 0.25) is 0 Å². The normalized spacial score (nSPS) is 10.1. The van der Waals surface area contributed by atoms with Crippen molar-refractivity contribution in [3.8, 4) is 12.1 Å². The third kappa shape index (κ3) is 5.21. The van der Waals surface area contributed by atoms with Crippen molar-refractivity contribution in [3.63, 3.8) is 0 Å². The van der Waals surface area contributed by atoms with E-state index in [1.807, 2.05) is 12.1 Å². The highest BCUT2D eigenvalue weighted by molar-refractivity contribution is 5.54. The number of benzene rings is 1. The van der Waals surface area contributed by atoms with Gasteiger partial charge in [0.2, 0.25) is 0 Å². The molecule has 0 unspecified atom stereocenters. The van der Waals surface area contributed by atoms with Gasteiger partial charge in [0.1, 0.15) is 12.1 Å². The average molecular weight is 284 g/mol. The number of aliphatic hydroxyl groups excluding tert-OH is 1. The molecule has 0 saturated heterocycles. The van der Waals surface area contributed by atoms with Gasteiger partial charge in [-0.3, -0.25) is 0 Å². The van der Waals surface area contributed by atoms with Gasteiger partial charge in [0, 0.05) is 6.61 Å². The van der Waals surface area contributed by atoms with Crippen LogP contribution in [0.25, 0.3) is 0 Å². The van der Waals surface area contributed by atoms with E-state index in [4.69, 9.17) is 5.11 Å². The van der Waals surface area contributed by atoms with E-state index >= 15 is 0 Å². The van der Waals surface area contributed by atoms with Crippen LogP contribution in [0, 0.1) is 22.7 Å². The summed E-state index contributed by atoms with van der Waals surface area (Å²) in [6.07, 6.45) is 8.08. The fourth-order valence-corrected chi connectivity index (χ4v) is 2.55. The number of hydrogen-bond donors (Lipinski definition) is 1. The van der Waals surface area contributed by atoms with Crippen LogP contribution >= 0.6 is 0 Å². The molecule has 112 valence electrons. The summed E-state index contributed by atoms with van der Waals surface area (Å²) in [5, 5.41) is 27.6. The number of nitrogens with zero attached hydrogens (tertiary/aromatic N) is 2. The van der Waals surface area contributed by atoms with Crippen LogP contribution in [0.4, 0.5) is 0 Å². The zero-order chi connectivity index (χ0) is 15.5. The van der Waals surface area contributed by atoms with Crippen molar-refractivity contribution in [1.29, 1.82) is 10.5 Å². The highest BCUT2D eigenvalue weighted by Gasteiger charge is 2.12. The molecule has 1 N–H and O–H groups in total. The monoisotopic (exact) mass is 284 g/mol. The number of aryl methyl sites for hydroxylation is 2. The van der Waals surface area contributed by atoms with Gasteiger partial charge in [0.25, 0.3) is 0 Å². The average Bonchev–Trinajstić information content (AvgIpc) is 2.52. The minimum absolute atomic E-state index is 0.103. The zero-order valence-corrected chi connectivity index (χ0v) is 12.9. The molecule has 3 nitrogen and oxygen atoms in total. The predicted octanol–water partition coefficient (Wildman–Crippen LogP) is 3.87. The lowest BCUT2D eigenvalue weighted by Crippen LogP contribution is -2.01. The molecular weight excluding hydrogens is 260 g/mol. The van der Waals surface area contributed by atoms with Gasteiger partial charge in [0.15, 0.2) is 0 Å². The summed E-state index contributed by atoms with van der Waals surface area (Å²) in [5.74, 6) is 0. The van der Waals surface area contributed by atoms with Crippen molar-refractivity contribution in [2.75, 3.05) is 6.61 Å². The summed E-state index contributed by atoms with van der Waals surface area (Å²) in [6.45, 7) is 2.30. The van der Waals surface area contributed by atoms with Crippen LogP contribution in [0.5, 0.6) is 0 Å². The lowest BCUT2D eigenvalue weighted by molar-refractivity contribution is 0.288. The number of hydrogen-bond acceptors (Lipinski definition) is 3. The topological polar surface area (TPSA) is 67.8 Å². The van der Waals surface area contributed by atoms with Gasteiger partial charge in [0.05, 0.1) is 11.1 Å². The van der Waals surface area contributed by atoms with E-state index in [1.165, 1.54) is 25.7 Å². The smallest absolute Gasteiger partial charge is 0.101 e. The molecule has 0 heterocycles. The first-order chi connectivity index (χ1) is 10.3. The Morgan fingerprint density at radius 3 is 1.86 bits per heavy atom. The lowest BCUT2D eigenvalue weighted by Gasteiger charge is -2.10. The van der Waals surface area contributed by atoms with E-state index in [2.05, 4.69) is 19.1 Å². The molecule has 0 amide bonds. The highest BCUT2D eigenvalue weighted by atomic mass is 16.2. The van der Waals surface area contributed by atoms with E-state index in [0.717, 1.165) is 24.0 Å². The maximum atomic E-state index is 9.37. The molecule has 0 fully saturated rings. The molecule has 0 atom stereocenters. The largest absolute Gasteiger partial charge is 0.396 e. The minimum Gasteiger partial charge on any atom is -0.396 e. The van der Waals surface area contributed by atoms with Gasteiger partial charge in [-0.15, -0.1) is 0 Å². The molecular formula is C18H24N2O. The van der Waals surface area contributed by atoms with Gasteiger partial charge >= 0.3 is 0 Å². The van der Waals surface area contributed by atoms with Crippen LogP contribution in [0.15, 0.2) is 12.1 Å². The van der Waals surface area contributed by atoms with E-state index in [-0.39, 0.29) is 6.61 Å². The molecule has 0 aliphatic rings. The van der Waals surface area contributed by atoms with Crippen molar-refractivity contribution < 1.29 is 5.11 Å². The maximum Gasteiger partial charge on any atom is 0.101 e. The van der Waals surface area contributed by atoms with Crippen molar-refractivity contribution in [2.45, 2.75) is 58.3 Å². The molecule has 3 heteroatoms. The minimum atomic E-state index is 0.103. The van der Waals surface area contributed by atoms with Gasteiger partial charge in [-0.1, -0.05) is 44.7 Å². The fourth-order valence-electron chi connectivity index (χ4n) is 2.55. The summed E-state index contributed by atoms with van der Waals surface area (Å²) < 4.78 is 0. The number of nitriles is 2. The van der Waals surface area contributed by atoms with E-state index in [0.29, 0.717) is 24.0 Å². The van der Waals surface area contributed by atoms with Crippen molar-refractivity contribution in [1.82, 2.24) is 0 Å². The van der Waals surface area contributed by atoms with Gasteiger partial charge in [-0.2, -0.15) is 10.5 Å². The van der Waals surface area contributed by atoms with E-state index in [9.17, 15) is 10.5 Å². The Kier molecular flexibility index (Phi) is 8.17. The molecule has 21 heavy (non-hydrogen) atoms. The molecule has 0 aliphatic carbocycles. The lowest BCUT2D eigenvalue weighted by atomic mass is 9.92. The molecule has 0 aliphatic heterocycles. The Bertz CT molecular complexity index is 523. The Balaban J connectivity index is 2.81. The Morgan fingerprint density at radius 2 is 1.38 bits per heavy atom. The van der Waals surface area contributed by atoms with Gasteiger partial charge < -0.3 is 5.11 Å². The van der Waals surface area contributed by atoms with Crippen LogP contribution in [-0.2, 0) is 12.8 Å². The molecule has 1 aromatic rings. The summed E-state index contributed by atoms with van der Waals surface area (Å²) in [6, 6.07) is 8.29. The summed E-state index contributed by atoms with van der Waals surface area (Å²) in [7, 11) is 0. The predicted molar refractivity (Wildman–Crippen MR) is 83.7 cm³/mol. The highest BCUT2D eigenvalue weighted by Crippen LogP contribution is 2.21. The Hall–Kier alpha value is -1.84. The van der Waals surface area contributed by atoms with Crippen molar-refractivity contribution in [3.05, 3.63) is 34.4 Å². The maximum absolute atomic E-state index is 9.37. The standard InChI is InChI=1S/C18H24N2O/c1-2-3-4-5-6-8-15-10-11-16(9-7-12-21)18(14-20)17(15)13-19/h10-11,21H,2-9,12H2,1H3. The number of unbranched alkanes of at least 4 members (excludes halogenated alkanes) is 4. The summed E-state index contributed by atoms with van der Waals surface area (Å²) in [4.78, 5) is 0. The SMILES string of the molecule is CCCCCCCc1ccc(CCCO)c(C#N)c1C#N. The third-order valence-electron chi connectivity index (χ3n) is 3.76. The van der Waals surface area contributed by atoms with E-state index in [1.54, 1.807) is 0 Å². The quantitative estimate of drug-likeness (QED) is 0.700. The second-order valence-electron chi connectivity index (χ2n) is 5.35. The molecule has 0 saturated carbocycles. The van der Waals surface area contributed by atoms with Crippen LogP contribution in [0.3, 0.4) is 0 Å². The van der Waals surface area contributed by atoms with Crippen molar-refractivity contribution >= 4 is 0 Å². The first-order valence-electron chi connectivity index (χ1n) is 7.84. The zero-order valence-electron chi connectivity index (χ0n) is 12.9. The Morgan fingerprint density at radius 1 is 0.857 bits per heavy atom.